The Balaban J connectivity index is 1.47. The van der Waals surface area contributed by atoms with E-state index in [0.29, 0.717) is 27.6 Å². The summed E-state index contributed by atoms with van der Waals surface area (Å²) >= 11 is 7.53. The maximum absolute atomic E-state index is 6.07. The van der Waals surface area contributed by atoms with Gasteiger partial charge in [0.2, 0.25) is 0 Å². The second kappa shape index (κ2) is 7.81. The summed E-state index contributed by atoms with van der Waals surface area (Å²) in [6.45, 7) is 0. The minimum atomic E-state index is 0.463. The molecule has 0 amide bonds. The van der Waals surface area contributed by atoms with Gasteiger partial charge in [0.05, 0.1) is 18.6 Å². The van der Waals surface area contributed by atoms with Crippen LogP contribution in [0.3, 0.4) is 0 Å². The van der Waals surface area contributed by atoms with Crippen LogP contribution in [-0.4, -0.2) is 32.0 Å². The molecule has 0 atom stereocenters. The summed E-state index contributed by atoms with van der Waals surface area (Å²) in [6, 6.07) is 14.9. The van der Waals surface area contributed by atoms with Crippen molar-refractivity contribution in [3.05, 3.63) is 65.7 Å². The summed E-state index contributed by atoms with van der Waals surface area (Å²) in [6.07, 6.45) is 1.65. The molecule has 2 aromatic heterocycles. The maximum atomic E-state index is 6.07. The minimum absolute atomic E-state index is 0.463. The quantitative estimate of drug-likeness (QED) is 0.448. The zero-order valence-electron chi connectivity index (χ0n) is 14.2. The predicted molar refractivity (Wildman–Crippen MR) is 102 cm³/mol. The molecule has 0 saturated carbocycles. The molecule has 0 aliphatic rings. The normalized spacial score (nSPS) is 10.9. The fourth-order valence-electron chi connectivity index (χ4n) is 2.42. The molecule has 4 rings (SSSR count). The van der Waals surface area contributed by atoms with Gasteiger partial charge in [-0.15, -0.1) is 10.2 Å². The van der Waals surface area contributed by atoms with Gasteiger partial charge in [0.1, 0.15) is 12.1 Å². The van der Waals surface area contributed by atoms with Gasteiger partial charge in [0, 0.05) is 10.6 Å². The van der Waals surface area contributed by atoms with E-state index in [0.717, 1.165) is 17.0 Å². The van der Waals surface area contributed by atoms with E-state index >= 15 is 0 Å². The van der Waals surface area contributed by atoms with Crippen LogP contribution < -0.4 is 4.74 Å². The van der Waals surface area contributed by atoms with E-state index in [1.54, 1.807) is 13.4 Å². The highest BCUT2D eigenvalue weighted by atomic mass is 35.5. The van der Waals surface area contributed by atoms with Crippen LogP contribution in [0.25, 0.3) is 17.1 Å². The molecular weight excluding hydrogens is 386 g/mol. The maximum Gasteiger partial charge on any atom is 0.257 e. The van der Waals surface area contributed by atoms with Gasteiger partial charge in [0.25, 0.3) is 5.89 Å². The molecule has 2 aromatic carbocycles. The minimum Gasteiger partial charge on any atom is -0.497 e. The van der Waals surface area contributed by atoms with E-state index in [2.05, 4.69) is 20.3 Å². The lowest BCUT2D eigenvalue weighted by molar-refractivity contribution is 0.414. The molecule has 27 heavy (non-hydrogen) atoms. The van der Waals surface area contributed by atoms with Crippen LogP contribution in [0, 0.1) is 0 Å². The fraction of sp³-hybridized carbons (Fsp3) is 0.111. The zero-order valence-corrected chi connectivity index (χ0v) is 15.8. The molecule has 4 aromatic rings. The largest absolute Gasteiger partial charge is 0.497 e. The highest BCUT2D eigenvalue weighted by Gasteiger charge is 2.12. The molecule has 0 unspecified atom stereocenters. The second-order valence-electron chi connectivity index (χ2n) is 5.50. The van der Waals surface area contributed by atoms with Gasteiger partial charge in [-0.1, -0.05) is 34.6 Å². The van der Waals surface area contributed by atoms with Crippen LogP contribution in [0.4, 0.5) is 0 Å². The number of methoxy groups -OCH3 is 1. The molecule has 0 aliphatic carbocycles. The molecule has 0 radical (unpaired) electrons. The van der Waals surface area contributed by atoms with E-state index in [1.165, 1.54) is 11.8 Å². The van der Waals surface area contributed by atoms with Crippen LogP contribution in [0.2, 0.25) is 5.02 Å². The van der Waals surface area contributed by atoms with Gasteiger partial charge < -0.3 is 9.26 Å². The average molecular weight is 400 g/mol. The molecule has 0 saturated heterocycles. The highest BCUT2D eigenvalue weighted by molar-refractivity contribution is 7.98. The van der Waals surface area contributed by atoms with Gasteiger partial charge in [-0.2, -0.15) is 4.98 Å². The number of aromatic nitrogens is 5. The van der Waals surface area contributed by atoms with E-state index in [4.69, 9.17) is 20.9 Å². The predicted octanol–water partition coefficient (Wildman–Crippen LogP) is 4.27. The molecule has 2 heterocycles. The lowest BCUT2D eigenvalue weighted by Crippen LogP contribution is -1.95. The third-order valence-corrected chi connectivity index (χ3v) is 4.91. The number of ether oxygens (including phenoxy) is 1. The number of nitrogens with zero attached hydrogens (tertiary/aromatic N) is 5. The Bertz CT molecular complexity index is 1050. The smallest absolute Gasteiger partial charge is 0.257 e. The van der Waals surface area contributed by atoms with Crippen molar-refractivity contribution in [1.29, 1.82) is 0 Å². The Morgan fingerprint density at radius 2 is 2.04 bits per heavy atom. The van der Waals surface area contributed by atoms with Crippen molar-refractivity contribution in [2.24, 2.45) is 0 Å². The van der Waals surface area contributed by atoms with Crippen LogP contribution >= 0.6 is 23.4 Å². The van der Waals surface area contributed by atoms with Gasteiger partial charge in [-0.05, 0) is 42.5 Å². The lowest BCUT2D eigenvalue weighted by atomic mass is 10.2. The number of hydrogen-bond acceptors (Lipinski definition) is 7. The molecule has 0 N–H and O–H groups in total. The Kier molecular flexibility index (Phi) is 5.08. The number of halogens is 1. The summed E-state index contributed by atoms with van der Waals surface area (Å²) < 4.78 is 12.4. The highest BCUT2D eigenvalue weighted by Crippen LogP contribution is 2.25. The van der Waals surface area contributed by atoms with Gasteiger partial charge >= 0.3 is 0 Å². The van der Waals surface area contributed by atoms with Crippen molar-refractivity contribution < 1.29 is 9.26 Å². The molecule has 0 spiro atoms. The standard InChI is InChI=1S/C18H14ClN5O2S/c1-25-15-7-5-12(6-8-15)17-21-16(23-26-17)10-27-18-22-20-11-24(18)14-4-2-3-13(19)9-14/h2-9,11H,10H2,1H3. The number of benzene rings is 2. The summed E-state index contributed by atoms with van der Waals surface area (Å²) in [5, 5.41) is 13.5. The van der Waals surface area contributed by atoms with Gasteiger partial charge in [-0.25, -0.2) is 0 Å². The van der Waals surface area contributed by atoms with Crippen LogP contribution in [0.5, 0.6) is 5.75 Å². The summed E-state index contributed by atoms with van der Waals surface area (Å²) in [5.41, 5.74) is 1.73. The monoisotopic (exact) mass is 399 g/mol. The summed E-state index contributed by atoms with van der Waals surface area (Å²) in [5.74, 6) is 2.31. The van der Waals surface area contributed by atoms with E-state index in [-0.39, 0.29) is 0 Å². The van der Waals surface area contributed by atoms with Gasteiger partial charge in [-0.3, -0.25) is 4.57 Å². The van der Waals surface area contributed by atoms with Crippen molar-refractivity contribution in [3.63, 3.8) is 0 Å². The third kappa shape index (κ3) is 3.96. The molecule has 0 fully saturated rings. The van der Waals surface area contributed by atoms with Crippen molar-refractivity contribution in [1.82, 2.24) is 24.9 Å². The average Bonchev–Trinajstić information content (AvgIpc) is 3.36. The molecule has 7 nitrogen and oxygen atoms in total. The van der Waals surface area contributed by atoms with Crippen molar-refractivity contribution in [3.8, 4) is 22.9 Å². The van der Waals surface area contributed by atoms with Crippen molar-refractivity contribution in [2.45, 2.75) is 10.9 Å². The molecule has 0 aliphatic heterocycles. The van der Waals surface area contributed by atoms with Crippen LogP contribution in [-0.2, 0) is 5.75 Å². The fourth-order valence-corrected chi connectivity index (χ4v) is 3.37. The summed E-state index contributed by atoms with van der Waals surface area (Å²) in [4.78, 5) is 4.43. The van der Waals surface area contributed by atoms with E-state index in [9.17, 15) is 0 Å². The van der Waals surface area contributed by atoms with Crippen LogP contribution in [0.15, 0.2) is 64.5 Å². The van der Waals surface area contributed by atoms with Crippen molar-refractivity contribution >= 4 is 23.4 Å². The van der Waals surface area contributed by atoms with E-state index < -0.39 is 0 Å². The SMILES string of the molecule is COc1ccc(-c2nc(CSc3nncn3-c3cccc(Cl)c3)no2)cc1. The van der Waals surface area contributed by atoms with E-state index in [1.807, 2.05) is 53.1 Å². The molecular formula is C18H14ClN5O2S. The first kappa shape index (κ1) is 17.6. The summed E-state index contributed by atoms with van der Waals surface area (Å²) in [7, 11) is 1.62. The number of rotatable bonds is 6. The second-order valence-corrected chi connectivity index (χ2v) is 6.88. The molecule has 136 valence electrons. The Morgan fingerprint density at radius 3 is 2.81 bits per heavy atom. The first-order valence-corrected chi connectivity index (χ1v) is 9.35. The topological polar surface area (TPSA) is 78.9 Å². The number of thioether (sulfide) groups is 1. The first-order valence-electron chi connectivity index (χ1n) is 7.99. The Labute approximate surface area is 164 Å². The van der Waals surface area contributed by atoms with Crippen molar-refractivity contribution in [2.75, 3.05) is 7.11 Å². The molecule has 0 bridgehead atoms. The number of hydrogen-bond donors (Lipinski definition) is 0. The lowest BCUT2D eigenvalue weighted by Gasteiger charge is -2.05. The Hall–Kier alpha value is -2.84. The first-order chi connectivity index (χ1) is 13.2. The third-order valence-electron chi connectivity index (χ3n) is 3.74. The van der Waals surface area contributed by atoms with Gasteiger partial charge in [0.15, 0.2) is 11.0 Å². The molecule has 9 heteroatoms. The zero-order chi connectivity index (χ0) is 18.6. The Morgan fingerprint density at radius 1 is 1.19 bits per heavy atom. The van der Waals surface area contributed by atoms with Crippen LogP contribution in [0.1, 0.15) is 5.82 Å².